The number of hydrogen-bond acceptors (Lipinski definition) is 2. The van der Waals surface area contributed by atoms with Crippen LogP contribution in [-0.2, 0) is 0 Å². The molecule has 117 heavy (non-hydrogen) atoms. The van der Waals surface area contributed by atoms with Crippen molar-refractivity contribution in [2.24, 2.45) is 0 Å². The van der Waals surface area contributed by atoms with Gasteiger partial charge in [0.05, 0.1) is 22.1 Å². The van der Waals surface area contributed by atoms with Gasteiger partial charge in [0.25, 0.3) is 0 Å². The zero-order valence-corrected chi connectivity index (χ0v) is 65.7. The van der Waals surface area contributed by atoms with Crippen LogP contribution in [0.1, 0.15) is 0 Å². The molecular weight excluding hydrogens is 1480 g/mol. The van der Waals surface area contributed by atoms with Crippen molar-refractivity contribution in [1.82, 2.24) is 9.13 Å². The highest BCUT2D eigenvalue weighted by Crippen LogP contribution is 2.42. The Balaban J connectivity index is 0.000000129. The maximum absolute atomic E-state index is 3.57. The summed E-state index contributed by atoms with van der Waals surface area (Å²) in [5.41, 5.74) is 27.2. The molecule has 0 unspecified atom stereocenters. The van der Waals surface area contributed by atoms with Crippen LogP contribution in [0.15, 0.2) is 466 Å². The molecule has 22 rings (SSSR count). The van der Waals surface area contributed by atoms with Gasteiger partial charge in [-0.1, -0.05) is 344 Å². The number of para-hydroxylation sites is 4. The standard InChI is InChI=1S/C56H38N2.C40H28N2.C16H11Br/c1-2-13-44-37-46(24-23-39(44)11-1)41-27-33-48(34-28-41)57(49-35-29-43(30-36-49)52-20-10-14-42-12-3-4-17-51(42)52)47-31-25-40(26-32-47)45-15-9-16-50(38-45)58-55-21-7-5-18-53(55)54-19-6-8-22-56(54)58;1-2-13-35-29(9-1)10-8-16-36(35)30-21-25-33(26-22-30)41-32-23-19-28(20-24-32)31-11-7-12-34(27-31)42-39-17-5-3-14-37(39)38-15-4-6-18-40(38)42;17-16-9-7-13(8-10-16)15-6-5-12-3-1-2-4-14(12)11-15/h1-38H;1-27,41H;1-11H. The first-order valence-electron chi connectivity index (χ1n) is 39.9. The van der Waals surface area contributed by atoms with Gasteiger partial charge >= 0.3 is 0 Å². The van der Waals surface area contributed by atoms with Crippen LogP contribution in [0.4, 0.5) is 28.4 Å². The molecule has 0 bridgehead atoms. The molecule has 22 aromatic rings. The molecule has 4 nitrogen and oxygen atoms in total. The van der Waals surface area contributed by atoms with E-state index in [9.17, 15) is 0 Å². The zero-order valence-electron chi connectivity index (χ0n) is 64.1. The summed E-state index contributed by atoms with van der Waals surface area (Å²) in [6.45, 7) is 0. The molecule has 0 atom stereocenters. The van der Waals surface area contributed by atoms with Crippen molar-refractivity contribution in [1.29, 1.82) is 0 Å². The van der Waals surface area contributed by atoms with Gasteiger partial charge in [0, 0.05) is 65.8 Å². The Morgan fingerprint density at radius 3 is 0.846 bits per heavy atom. The van der Waals surface area contributed by atoms with Crippen molar-refractivity contribution >= 4 is 131 Å². The van der Waals surface area contributed by atoms with E-state index in [2.05, 4.69) is 496 Å². The molecule has 2 aromatic heterocycles. The van der Waals surface area contributed by atoms with Crippen molar-refractivity contribution in [2.45, 2.75) is 0 Å². The van der Waals surface area contributed by atoms with E-state index in [0.29, 0.717) is 0 Å². The molecule has 0 fully saturated rings. The third kappa shape index (κ3) is 14.4. The predicted octanol–water partition coefficient (Wildman–Crippen LogP) is 31.8. The molecule has 552 valence electrons. The second-order valence-electron chi connectivity index (χ2n) is 29.8. The van der Waals surface area contributed by atoms with Crippen LogP contribution in [0.5, 0.6) is 0 Å². The SMILES string of the molecule is Brc1ccc(-c2ccc3ccccc3c2)cc1.c1cc(-c2ccc(N(c3ccc(-c4ccc5ccccc5c4)cc3)c3ccc(-c4cccc5ccccc45)cc3)cc2)cc(-n2c3ccccc3c3ccccc32)c1.c1cc(-c2ccc(Nc3ccc(-c4cccc5ccccc45)cc3)cc2)cc(-n2c3ccccc3c3ccccc32)c1. The number of hydrogen-bond donors (Lipinski definition) is 1. The van der Waals surface area contributed by atoms with Crippen LogP contribution in [0.25, 0.3) is 165 Å². The molecule has 0 radical (unpaired) electrons. The van der Waals surface area contributed by atoms with Crippen LogP contribution in [0, 0.1) is 0 Å². The lowest BCUT2D eigenvalue weighted by atomic mass is 9.98. The summed E-state index contributed by atoms with van der Waals surface area (Å²) in [6.07, 6.45) is 0. The molecular formula is C112H77BrN4. The average molecular weight is 1560 g/mol. The van der Waals surface area contributed by atoms with E-state index in [4.69, 9.17) is 0 Å². The number of anilines is 5. The zero-order chi connectivity index (χ0) is 78.0. The Morgan fingerprint density at radius 1 is 0.188 bits per heavy atom. The lowest BCUT2D eigenvalue weighted by Crippen LogP contribution is -2.09. The van der Waals surface area contributed by atoms with E-state index in [1.807, 2.05) is 0 Å². The number of nitrogens with zero attached hydrogens (tertiary/aromatic N) is 3. The molecule has 0 spiro atoms. The Labute approximate surface area is 689 Å². The van der Waals surface area contributed by atoms with Gasteiger partial charge in [-0.3, -0.25) is 0 Å². The number of aromatic nitrogens is 2. The number of fused-ring (bicyclic) bond motifs is 10. The normalized spacial score (nSPS) is 11.3. The minimum Gasteiger partial charge on any atom is -0.356 e. The Morgan fingerprint density at radius 2 is 0.462 bits per heavy atom. The number of rotatable bonds is 13. The molecule has 2 heterocycles. The van der Waals surface area contributed by atoms with Gasteiger partial charge in [-0.05, 0) is 243 Å². The molecule has 0 saturated carbocycles. The maximum Gasteiger partial charge on any atom is 0.0541 e. The first-order chi connectivity index (χ1) is 57.9. The van der Waals surface area contributed by atoms with Crippen molar-refractivity contribution in [3.05, 3.63) is 466 Å². The van der Waals surface area contributed by atoms with E-state index in [-0.39, 0.29) is 0 Å². The second kappa shape index (κ2) is 31.6. The summed E-state index contributed by atoms with van der Waals surface area (Å²) in [5.74, 6) is 0. The second-order valence-corrected chi connectivity index (χ2v) is 30.7. The van der Waals surface area contributed by atoms with Gasteiger partial charge in [-0.2, -0.15) is 0 Å². The van der Waals surface area contributed by atoms with Crippen LogP contribution in [-0.4, -0.2) is 9.13 Å². The van der Waals surface area contributed by atoms with Gasteiger partial charge in [0.2, 0.25) is 0 Å². The fraction of sp³-hybridized carbons (Fsp3) is 0. The highest BCUT2D eigenvalue weighted by molar-refractivity contribution is 9.10. The topological polar surface area (TPSA) is 25.1 Å². The van der Waals surface area contributed by atoms with Crippen molar-refractivity contribution in [3.8, 4) is 78.1 Å². The van der Waals surface area contributed by atoms with Crippen LogP contribution in [0.3, 0.4) is 0 Å². The molecule has 0 amide bonds. The minimum absolute atomic E-state index is 1.07. The predicted molar refractivity (Wildman–Crippen MR) is 503 cm³/mol. The Bertz CT molecular complexity index is 7270. The Hall–Kier alpha value is -14.9. The molecule has 1 N–H and O–H groups in total. The van der Waals surface area contributed by atoms with Crippen molar-refractivity contribution < 1.29 is 0 Å². The highest BCUT2D eigenvalue weighted by atomic mass is 79.9. The maximum atomic E-state index is 3.57. The molecule has 5 heteroatoms. The fourth-order valence-corrected chi connectivity index (χ4v) is 17.1. The van der Waals surface area contributed by atoms with Gasteiger partial charge in [-0.25, -0.2) is 0 Å². The molecule has 0 saturated heterocycles. The van der Waals surface area contributed by atoms with Gasteiger partial charge in [-0.15, -0.1) is 0 Å². The molecule has 20 aromatic carbocycles. The lowest BCUT2D eigenvalue weighted by molar-refractivity contribution is 1.18. The van der Waals surface area contributed by atoms with Gasteiger partial charge in [0.15, 0.2) is 0 Å². The average Bonchev–Trinajstić information content (AvgIpc) is 1.68. The Kier molecular flexibility index (Phi) is 19.2. The summed E-state index contributed by atoms with van der Waals surface area (Å²) < 4.78 is 5.86. The van der Waals surface area contributed by atoms with Gasteiger partial charge < -0.3 is 19.4 Å². The van der Waals surface area contributed by atoms with Crippen LogP contribution in [0.2, 0.25) is 0 Å². The van der Waals surface area contributed by atoms with E-state index in [0.717, 1.165) is 38.6 Å². The first-order valence-corrected chi connectivity index (χ1v) is 40.6. The molecule has 0 aliphatic heterocycles. The summed E-state index contributed by atoms with van der Waals surface area (Å²) >= 11 is 3.46. The van der Waals surface area contributed by atoms with Crippen LogP contribution < -0.4 is 10.2 Å². The van der Waals surface area contributed by atoms with Crippen LogP contribution >= 0.6 is 15.9 Å². The number of nitrogens with one attached hydrogen (secondary N) is 1. The number of benzene rings is 20. The van der Waals surface area contributed by atoms with E-state index in [1.54, 1.807) is 0 Å². The third-order valence-corrected chi connectivity index (χ3v) is 23.2. The van der Waals surface area contributed by atoms with Crippen molar-refractivity contribution in [3.63, 3.8) is 0 Å². The number of halogens is 1. The monoisotopic (exact) mass is 1560 g/mol. The van der Waals surface area contributed by atoms with Gasteiger partial charge in [0.1, 0.15) is 0 Å². The van der Waals surface area contributed by atoms with E-state index < -0.39 is 0 Å². The lowest BCUT2D eigenvalue weighted by Gasteiger charge is -2.26. The first kappa shape index (κ1) is 71.2. The highest BCUT2D eigenvalue weighted by Gasteiger charge is 2.19. The van der Waals surface area contributed by atoms with Crippen molar-refractivity contribution in [2.75, 3.05) is 10.2 Å². The summed E-state index contributed by atoms with van der Waals surface area (Å²) in [7, 11) is 0. The third-order valence-electron chi connectivity index (χ3n) is 22.7. The minimum atomic E-state index is 1.07. The van der Waals surface area contributed by atoms with E-state index >= 15 is 0 Å². The summed E-state index contributed by atoms with van der Waals surface area (Å²) in [5, 5.41) is 18.8. The molecule has 0 aliphatic rings. The van der Waals surface area contributed by atoms with E-state index in [1.165, 1.54) is 159 Å². The summed E-state index contributed by atoms with van der Waals surface area (Å²) in [4.78, 5) is 2.36. The quantitative estimate of drug-likeness (QED) is 0.124. The fourth-order valence-electron chi connectivity index (χ4n) is 16.9. The molecule has 0 aliphatic carbocycles. The largest absolute Gasteiger partial charge is 0.356 e. The summed E-state index contributed by atoms with van der Waals surface area (Å²) in [6, 6.07) is 166. The smallest absolute Gasteiger partial charge is 0.0541 e.